The quantitative estimate of drug-likeness (QED) is 0.664. The molecule has 0 amide bonds. The molecule has 64 valence electrons. The Kier molecular flexibility index (Phi) is 1.61. The van der Waals surface area contributed by atoms with Crippen LogP contribution in [-0.2, 0) is 0 Å². The number of aromatic amines is 2. The van der Waals surface area contributed by atoms with Crippen LogP contribution >= 0.6 is 11.6 Å². The van der Waals surface area contributed by atoms with Crippen molar-refractivity contribution < 1.29 is 0 Å². The Labute approximate surface area is 77.8 Å². The van der Waals surface area contributed by atoms with Gasteiger partial charge in [-0.05, 0) is 12.1 Å². The average Bonchev–Trinajstić information content (AvgIpc) is 2.42. The molecule has 2 N–H and O–H groups in total. The fourth-order valence-electron chi connectivity index (χ4n) is 1.14. The topological polar surface area (TPSA) is 72.4 Å². The van der Waals surface area contributed by atoms with Crippen LogP contribution in [0, 0.1) is 11.3 Å². The lowest BCUT2D eigenvalue weighted by Crippen LogP contribution is -1.99. The highest BCUT2D eigenvalue weighted by molar-refractivity contribution is 6.32. The first-order valence-electron chi connectivity index (χ1n) is 3.52. The fraction of sp³-hybridized carbons (Fsp3) is 0. The molecule has 1 aromatic heterocycles. The van der Waals surface area contributed by atoms with Crippen LogP contribution in [0.3, 0.4) is 0 Å². The van der Waals surface area contributed by atoms with Crippen molar-refractivity contribution in [1.82, 2.24) is 9.97 Å². The van der Waals surface area contributed by atoms with Crippen molar-refractivity contribution in [3.05, 3.63) is 33.2 Å². The lowest BCUT2D eigenvalue weighted by molar-refractivity contribution is 1.21. The number of rotatable bonds is 0. The Morgan fingerprint density at radius 2 is 1.92 bits per heavy atom. The normalized spacial score (nSPS) is 10.2. The summed E-state index contributed by atoms with van der Waals surface area (Å²) in [6.45, 7) is 0. The Balaban J connectivity index is 2.90. The molecule has 0 aliphatic rings. The van der Waals surface area contributed by atoms with E-state index in [1.165, 1.54) is 6.07 Å². The monoisotopic (exact) mass is 193 g/mol. The van der Waals surface area contributed by atoms with Gasteiger partial charge in [-0.3, -0.25) is 0 Å². The van der Waals surface area contributed by atoms with Crippen molar-refractivity contribution in [2.24, 2.45) is 0 Å². The summed E-state index contributed by atoms with van der Waals surface area (Å²) >= 11 is 5.75. The molecule has 4 nitrogen and oxygen atoms in total. The number of nitrogens with one attached hydrogen (secondary N) is 2. The number of H-pyrrole nitrogens is 2. The molecule has 2 aromatic rings. The second-order valence-electron chi connectivity index (χ2n) is 2.57. The minimum atomic E-state index is -0.304. The maximum absolute atomic E-state index is 10.9. The van der Waals surface area contributed by atoms with E-state index in [1.807, 2.05) is 6.07 Å². The van der Waals surface area contributed by atoms with Gasteiger partial charge in [0.25, 0.3) is 0 Å². The molecule has 1 aromatic carbocycles. The Hall–Kier alpha value is -1.73. The number of imidazole rings is 1. The van der Waals surface area contributed by atoms with E-state index in [2.05, 4.69) is 9.97 Å². The van der Waals surface area contributed by atoms with Crippen LogP contribution in [0.4, 0.5) is 0 Å². The highest BCUT2D eigenvalue weighted by atomic mass is 35.5. The highest BCUT2D eigenvalue weighted by Crippen LogP contribution is 2.19. The molecule has 0 saturated carbocycles. The van der Waals surface area contributed by atoms with Gasteiger partial charge in [-0.25, -0.2) is 4.79 Å². The molecular weight excluding hydrogens is 190 g/mol. The summed E-state index contributed by atoms with van der Waals surface area (Å²) < 4.78 is 0. The first-order chi connectivity index (χ1) is 6.20. The summed E-state index contributed by atoms with van der Waals surface area (Å²) in [7, 11) is 0. The zero-order valence-corrected chi connectivity index (χ0v) is 7.14. The Bertz CT molecular complexity index is 561. The summed E-state index contributed by atoms with van der Waals surface area (Å²) in [6, 6.07) is 5.01. The number of benzene rings is 1. The first kappa shape index (κ1) is 7.90. The van der Waals surface area contributed by atoms with E-state index >= 15 is 0 Å². The molecule has 0 unspecified atom stereocenters. The molecule has 0 atom stereocenters. The number of aromatic nitrogens is 2. The minimum absolute atomic E-state index is 0.304. The molecule has 13 heavy (non-hydrogen) atoms. The molecule has 0 aliphatic heterocycles. The number of nitrogens with zero attached hydrogens (tertiary/aromatic N) is 1. The number of fused-ring (bicyclic) bond motifs is 1. The molecule has 2 rings (SSSR count). The van der Waals surface area contributed by atoms with Crippen molar-refractivity contribution in [3.8, 4) is 6.07 Å². The smallest absolute Gasteiger partial charge is 0.306 e. The third kappa shape index (κ3) is 1.19. The molecule has 0 bridgehead atoms. The van der Waals surface area contributed by atoms with E-state index in [-0.39, 0.29) is 5.69 Å². The predicted octanol–water partition coefficient (Wildman–Crippen LogP) is 1.38. The van der Waals surface area contributed by atoms with Gasteiger partial charge in [-0.15, -0.1) is 0 Å². The Morgan fingerprint density at radius 1 is 1.31 bits per heavy atom. The molecule has 0 saturated heterocycles. The van der Waals surface area contributed by atoms with Gasteiger partial charge in [0, 0.05) is 0 Å². The molecule has 0 radical (unpaired) electrons. The van der Waals surface area contributed by atoms with Gasteiger partial charge in [-0.1, -0.05) is 11.6 Å². The van der Waals surface area contributed by atoms with Crippen LogP contribution < -0.4 is 5.69 Å². The summed E-state index contributed by atoms with van der Waals surface area (Å²) in [5.41, 5.74) is 1.24. The summed E-state index contributed by atoms with van der Waals surface area (Å²) in [5.74, 6) is 0. The summed E-state index contributed by atoms with van der Waals surface area (Å²) in [5, 5.41) is 8.99. The molecule has 0 aliphatic carbocycles. The second-order valence-corrected chi connectivity index (χ2v) is 2.98. The van der Waals surface area contributed by atoms with Gasteiger partial charge in [0.2, 0.25) is 0 Å². The summed E-state index contributed by atoms with van der Waals surface area (Å²) in [6.07, 6.45) is 0. The van der Waals surface area contributed by atoms with Crippen molar-refractivity contribution in [2.75, 3.05) is 0 Å². The standard InChI is InChI=1S/C8H4ClN3O/c9-5-2-7-6(1-4(5)3-10)11-8(13)12-7/h1-2H,(H2,11,12,13). The summed E-state index contributed by atoms with van der Waals surface area (Å²) in [4.78, 5) is 15.9. The van der Waals surface area contributed by atoms with Crippen molar-refractivity contribution in [1.29, 1.82) is 5.26 Å². The first-order valence-corrected chi connectivity index (χ1v) is 3.90. The van der Waals surface area contributed by atoms with Crippen molar-refractivity contribution >= 4 is 22.6 Å². The van der Waals surface area contributed by atoms with Gasteiger partial charge in [0.1, 0.15) is 6.07 Å². The number of halogens is 1. The highest BCUT2D eigenvalue weighted by Gasteiger charge is 2.04. The van der Waals surface area contributed by atoms with E-state index in [4.69, 9.17) is 16.9 Å². The van der Waals surface area contributed by atoms with Crippen LogP contribution in [0.1, 0.15) is 5.56 Å². The number of hydrogen-bond donors (Lipinski definition) is 2. The zero-order valence-electron chi connectivity index (χ0n) is 6.39. The SMILES string of the molecule is N#Cc1cc2[nH]c(=O)[nH]c2cc1Cl. The van der Waals surface area contributed by atoms with Crippen molar-refractivity contribution in [2.45, 2.75) is 0 Å². The van der Waals surface area contributed by atoms with Gasteiger partial charge < -0.3 is 9.97 Å². The maximum atomic E-state index is 10.9. The van der Waals surface area contributed by atoms with Crippen LogP contribution in [0.15, 0.2) is 16.9 Å². The number of nitriles is 1. The zero-order chi connectivity index (χ0) is 9.42. The molecule has 5 heteroatoms. The van der Waals surface area contributed by atoms with E-state index in [0.717, 1.165) is 0 Å². The lowest BCUT2D eigenvalue weighted by atomic mass is 10.2. The maximum Gasteiger partial charge on any atom is 0.323 e. The minimum Gasteiger partial charge on any atom is -0.306 e. The second kappa shape index (κ2) is 2.64. The van der Waals surface area contributed by atoms with E-state index < -0.39 is 0 Å². The lowest BCUT2D eigenvalue weighted by Gasteiger charge is -1.93. The van der Waals surface area contributed by atoms with Crippen LogP contribution in [-0.4, -0.2) is 9.97 Å². The van der Waals surface area contributed by atoms with Gasteiger partial charge in [0.15, 0.2) is 0 Å². The molecule has 0 spiro atoms. The molecule has 1 heterocycles. The van der Waals surface area contributed by atoms with E-state index in [0.29, 0.717) is 21.6 Å². The van der Waals surface area contributed by atoms with E-state index in [9.17, 15) is 4.79 Å². The van der Waals surface area contributed by atoms with Crippen LogP contribution in [0.25, 0.3) is 11.0 Å². The molecular formula is C8H4ClN3O. The number of hydrogen-bond acceptors (Lipinski definition) is 2. The Morgan fingerprint density at radius 3 is 2.54 bits per heavy atom. The molecule has 0 fully saturated rings. The van der Waals surface area contributed by atoms with Crippen LogP contribution in [0.2, 0.25) is 5.02 Å². The largest absolute Gasteiger partial charge is 0.323 e. The van der Waals surface area contributed by atoms with Crippen LogP contribution in [0.5, 0.6) is 0 Å². The van der Waals surface area contributed by atoms with Gasteiger partial charge in [0.05, 0.1) is 21.6 Å². The predicted molar refractivity (Wildman–Crippen MR) is 48.6 cm³/mol. The van der Waals surface area contributed by atoms with Gasteiger partial charge >= 0.3 is 5.69 Å². The van der Waals surface area contributed by atoms with E-state index in [1.54, 1.807) is 6.07 Å². The fourth-order valence-corrected chi connectivity index (χ4v) is 1.35. The third-order valence-corrected chi connectivity index (χ3v) is 2.04. The van der Waals surface area contributed by atoms with Crippen molar-refractivity contribution in [3.63, 3.8) is 0 Å². The average molecular weight is 194 g/mol. The third-order valence-electron chi connectivity index (χ3n) is 1.72. The van der Waals surface area contributed by atoms with Gasteiger partial charge in [-0.2, -0.15) is 5.26 Å².